The average molecular weight is 1090 g/mol. The number of nitrogens with zero attached hydrogens (tertiary/aromatic N) is 4. The summed E-state index contributed by atoms with van der Waals surface area (Å²) in [5.74, 6) is -1.52. The highest BCUT2D eigenvalue weighted by atomic mass is 19.1. The van der Waals surface area contributed by atoms with E-state index in [1.165, 1.54) is 35.1 Å². The van der Waals surface area contributed by atoms with Gasteiger partial charge in [0, 0.05) is 94.9 Å². The molecule has 1 aromatic heterocycles. The number of carbonyl (C=O) groups excluding carboxylic acids is 6. The third kappa shape index (κ3) is 13.6. The Bertz CT molecular complexity index is 3020. The maximum atomic E-state index is 15.0. The van der Waals surface area contributed by atoms with Crippen LogP contribution in [0.4, 0.5) is 10.1 Å². The first-order valence-electron chi connectivity index (χ1n) is 28.2. The molecule has 3 fully saturated rings. The second-order valence-electron chi connectivity index (χ2n) is 22.0. The Labute approximate surface area is 462 Å². The van der Waals surface area contributed by atoms with E-state index >= 15 is 0 Å². The average Bonchev–Trinajstić information content (AvgIpc) is 4.02. The number of aromatic amines is 1. The monoisotopic (exact) mass is 1080 g/mol. The molecule has 3 aliphatic carbocycles. The summed E-state index contributed by atoms with van der Waals surface area (Å²) in [5.41, 5.74) is 5.25. The van der Waals surface area contributed by atoms with Crippen LogP contribution in [0.25, 0.3) is 10.8 Å². The first kappa shape index (κ1) is 58.3. The molecule has 1 aliphatic heterocycles. The minimum Gasteiger partial charge on any atom is -0.451 e. The van der Waals surface area contributed by atoms with Crippen LogP contribution in [0.5, 0.6) is 0 Å². The summed E-state index contributed by atoms with van der Waals surface area (Å²) < 4.78 is 32.2. The maximum absolute atomic E-state index is 15.0. The molecule has 0 unspecified atom stereocenters. The number of hydrogen-bond donors (Lipinski definition) is 2. The van der Waals surface area contributed by atoms with Gasteiger partial charge in [-0.1, -0.05) is 68.7 Å². The Morgan fingerprint density at radius 3 is 2.35 bits per heavy atom. The van der Waals surface area contributed by atoms with Gasteiger partial charge < -0.3 is 34.2 Å². The predicted octanol–water partition coefficient (Wildman–Crippen LogP) is 8.35. The van der Waals surface area contributed by atoms with Gasteiger partial charge in [-0.15, -0.1) is 0 Å². The van der Waals surface area contributed by atoms with Gasteiger partial charge in [-0.25, -0.2) is 9.49 Å². The second kappa shape index (κ2) is 26.4. The van der Waals surface area contributed by atoms with E-state index in [2.05, 4.69) is 65.6 Å². The number of nitrogens with one attached hydrogen (secondary N) is 2. The summed E-state index contributed by atoms with van der Waals surface area (Å²) in [4.78, 5) is 95.1. The highest BCUT2D eigenvalue weighted by Crippen LogP contribution is 2.64. The number of aromatic nitrogens is 2. The molecule has 3 amide bonds. The summed E-state index contributed by atoms with van der Waals surface area (Å²) in [7, 11) is 2.07. The lowest BCUT2D eigenvalue weighted by molar-refractivity contribution is -0.181. The summed E-state index contributed by atoms with van der Waals surface area (Å²) >= 11 is 0. The number of esters is 1. The number of Topliss-reactive ketones (excluding diaryl/α,β-unsaturated/α-hetero) is 1. The molecule has 2 heterocycles. The molecule has 2 N–H and O–H groups in total. The molecule has 2 saturated carbocycles. The number of ether oxygens (including phenoxy) is 3. The molecule has 4 aliphatic rings. The first-order chi connectivity index (χ1) is 38.0. The smallest absolute Gasteiger partial charge is 0.303 e. The zero-order valence-electron chi connectivity index (χ0n) is 46.6. The molecule has 0 radical (unpaired) electrons. The number of H-pyrrole nitrogens is 1. The van der Waals surface area contributed by atoms with Crippen LogP contribution in [0, 0.1) is 17.2 Å². The fourth-order valence-electron chi connectivity index (χ4n) is 12.7. The third-order valence-electron chi connectivity index (χ3n) is 16.9. The number of rotatable bonds is 23. The van der Waals surface area contributed by atoms with Gasteiger partial charge in [0.1, 0.15) is 12.4 Å². The maximum Gasteiger partial charge on any atom is 0.303 e. The third-order valence-corrected chi connectivity index (χ3v) is 16.9. The van der Waals surface area contributed by atoms with Gasteiger partial charge in [0.05, 0.1) is 36.5 Å². The molecule has 422 valence electrons. The highest BCUT2D eigenvalue weighted by Gasteiger charge is 2.65. The summed E-state index contributed by atoms with van der Waals surface area (Å²) in [6.07, 6.45) is 10.9. The lowest BCUT2D eigenvalue weighted by Gasteiger charge is -2.50. The minimum absolute atomic E-state index is 0.00467. The Hall–Kier alpha value is -6.85. The molecule has 8 rings (SSSR count). The predicted molar refractivity (Wildman–Crippen MR) is 299 cm³/mol. The van der Waals surface area contributed by atoms with Gasteiger partial charge >= 0.3 is 5.97 Å². The number of allylic oxidation sites excluding steroid dienone is 4. The van der Waals surface area contributed by atoms with Crippen LogP contribution in [0.3, 0.4) is 0 Å². The Morgan fingerprint density at radius 2 is 1.62 bits per heavy atom. The van der Waals surface area contributed by atoms with Crippen LogP contribution >= 0.6 is 0 Å². The molecule has 0 spiro atoms. The molecular formula is C62H77FN6O10. The van der Waals surface area contributed by atoms with Gasteiger partial charge in [-0.05, 0) is 123 Å². The minimum atomic E-state index is -1.16. The van der Waals surface area contributed by atoms with Gasteiger partial charge in [0.15, 0.2) is 17.2 Å². The van der Waals surface area contributed by atoms with E-state index in [9.17, 15) is 38.0 Å². The molecule has 4 atom stereocenters. The number of benzene rings is 3. The van der Waals surface area contributed by atoms with Crippen molar-refractivity contribution in [3.8, 4) is 0 Å². The number of fused-ring (bicyclic) bond motifs is 2. The number of anilines is 1. The van der Waals surface area contributed by atoms with E-state index in [1.807, 2.05) is 12.1 Å². The van der Waals surface area contributed by atoms with Crippen LogP contribution in [0.2, 0.25) is 0 Å². The highest BCUT2D eigenvalue weighted by molar-refractivity contribution is 5.95. The number of piperazine rings is 1. The largest absolute Gasteiger partial charge is 0.451 e. The summed E-state index contributed by atoms with van der Waals surface area (Å²) in [6, 6.07) is 20.2. The van der Waals surface area contributed by atoms with E-state index in [1.54, 1.807) is 36.1 Å². The quantitative estimate of drug-likeness (QED) is 0.0533. The molecule has 3 aromatic carbocycles. The molecule has 0 bridgehead atoms. The van der Waals surface area contributed by atoms with Gasteiger partial charge in [-0.2, -0.15) is 5.10 Å². The normalized spacial score (nSPS) is 22.1. The topological polar surface area (TPSA) is 198 Å². The van der Waals surface area contributed by atoms with Crippen LogP contribution in [0.15, 0.2) is 94.3 Å². The fourth-order valence-corrected chi connectivity index (χ4v) is 12.7. The van der Waals surface area contributed by atoms with E-state index in [0.717, 1.165) is 74.7 Å². The van der Waals surface area contributed by atoms with Crippen molar-refractivity contribution < 1.29 is 47.4 Å². The number of carbonyl (C=O) groups is 6. The van der Waals surface area contributed by atoms with Crippen LogP contribution in [-0.4, -0.2) is 134 Å². The van der Waals surface area contributed by atoms with Crippen molar-refractivity contribution in [1.29, 1.82) is 0 Å². The Kier molecular flexibility index (Phi) is 19.5. The van der Waals surface area contributed by atoms with Gasteiger partial charge in [0.2, 0.25) is 11.8 Å². The van der Waals surface area contributed by atoms with E-state index < -0.39 is 28.7 Å². The molecule has 17 heteroatoms. The lowest BCUT2D eigenvalue weighted by Crippen LogP contribution is -2.55. The van der Waals surface area contributed by atoms with E-state index in [4.69, 9.17) is 14.2 Å². The molecule has 4 aromatic rings. The first-order valence-corrected chi connectivity index (χ1v) is 28.2. The number of unbranched alkanes of at least 4 members (excludes halogenated alkanes) is 2. The standard InChI is InChI=1S/C62H77FN6O10/c1-6-12-45-37-48(72)21-22-49(45)52-38-46-24-25-62(41(2)70,79-42(3)71)61(46,4)39-54(52)44-17-19-47(20-18-44)67(5)27-11-7-8-15-57(73)64-26-32-77-33-34-78-40-58(74)68-28-30-69(31-29-68)60(76)53-35-43(16-23-55(53)63)36-56-50-13-9-10-14-51(50)59(75)66-65-56/h9-10,13-14,16-20,23,35,37,46,54H,6-8,11-12,15,21-22,24-34,36,38-40H2,1-5H3,(H,64,73)(H,66,75)/b52-49+/t46-,54+,61-,62-/m0/s1. The van der Waals surface area contributed by atoms with Crippen molar-refractivity contribution in [3.63, 3.8) is 0 Å². The zero-order valence-corrected chi connectivity index (χ0v) is 46.6. The number of halogens is 1. The van der Waals surface area contributed by atoms with Gasteiger partial charge in [0.25, 0.3) is 11.5 Å². The molecule has 16 nitrogen and oxygen atoms in total. The molecule has 79 heavy (non-hydrogen) atoms. The summed E-state index contributed by atoms with van der Waals surface area (Å²) in [5, 5.41) is 10.8. The van der Waals surface area contributed by atoms with E-state index in [0.29, 0.717) is 60.9 Å². The Balaban J connectivity index is 0.705. The van der Waals surface area contributed by atoms with E-state index in [-0.39, 0.29) is 98.8 Å². The second-order valence-corrected chi connectivity index (χ2v) is 22.0. The van der Waals surface area contributed by atoms with Crippen molar-refractivity contribution in [2.24, 2.45) is 11.3 Å². The summed E-state index contributed by atoms with van der Waals surface area (Å²) in [6.45, 7) is 10.1. The Morgan fingerprint density at radius 1 is 0.886 bits per heavy atom. The van der Waals surface area contributed by atoms with Gasteiger partial charge in [-0.3, -0.25) is 33.6 Å². The molecular weight excluding hydrogens is 1010 g/mol. The van der Waals surface area contributed by atoms with Crippen LogP contribution in [-0.2, 0) is 44.6 Å². The van der Waals surface area contributed by atoms with Crippen LogP contribution < -0.4 is 15.8 Å². The van der Waals surface area contributed by atoms with Crippen molar-refractivity contribution in [3.05, 3.63) is 128 Å². The van der Waals surface area contributed by atoms with Crippen molar-refractivity contribution >= 4 is 51.7 Å². The van der Waals surface area contributed by atoms with Crippen molar-refractivity contribution in [2.75, 3.05) is 77.6 Å². The lowest BCUT2D eigenvalue weighted by atomic mass is 9.56. The SMILES string of the molecule is CCCC1=CC(=O)CC/C1=C1/C[C@@H]2CC[C@](OC(C)=O)(C(C)=O)[C@@]2(C)C[C@@H]1c1ccc(N(C)CCCCCC(=O)NCCOCCOCC(=O)N2CCN(C(=O)c3cc(Cc4n[nH]c(=O)c5ccccc45)ccc3F)CC2)cc1. The zero-order chi connectivity index (χ0) is 56.3. The molecule has 1 saturated heterocycles. The number of ketones is 2. The fraction of sp³-hybridized carbons (Fsp3) is 0.516. The van der Waals surface area contributed by atoms with Crippen molar-refractivity contribution in [1.82, 2.24) is 25.3 Å². The van der Waals surface area contributed by atoms with Crippen molar-refractivity contribution in [2.45, 2.75) is 123 Å². The number of hydrogen-bond acceptors (Lipinski definition) is 12. The number of amides is 3. The van der Waals surface area contributed by atoms with Crippen LogP contribution in [0.1, 0.15) is 138 Å².